The number of anilines is 1. The minimum absolute atomic E-state index is 0.349. The molecule has 0 fully saturated rings. The summed E-state index contributed by atoms with van der Waals surface area (Å²) in [5.74, 6) is 1.61. The van der Waals surface area contributed by atoms with Gasteiger partial charge in [0, 0.05) is 17.1 Å². The molecule has 2 rings (SSSR count). The van der Waals surface area contributed by atoms with Crippen molar-refractivity contribution in [2.45, 2.75) is 6.61 Å². The van der Waals surface area contributed by atoms with E-state index in [0.29, 0.717) is 28.4 Å². The smallest absolute Gasteiger partial charge is 0.163 e. The minimum atomic E-state index is 0.349. The van der Waals surface area contributed by atoms with Crippen LogP contribution in [0, 0.1) is 0 Å². The highest BCUT2D eigenvalue weighted by atomic mass is 79.9. The van der Waals surface area contributed by atoms with Crippen LogP contribution in [0.5, 0.6) is 5.75 Å². The van der Waals surface area contributed by atoms with E-state index in [-0.39, 0.29) is 0 Å². The van der Waals surface area contributed by atoms with Gasteiger partial charge in [-0.15, -0.1) is 0 Å². The van der Waals surface area contributed by atoms with E-state index in [2.05, 4.69) is 41.8 Å². The summed E-state index contributed by atoms with van der Waals surface area (Å²) in [7, 11) is 3.21. The summed E-state index contributed by atoms with van der Waals surface area (Å²) < 4.78 is 11.9. The van der Waals surface area contributed by atoms with Gasteiger partial charge in [0.15, 0.2) is 5.82 Å². The number of nitrogen functional groups attached to an aromatic ring is 1. The fraction of sp³-hybridized carbons (Fsp3) is 0.231. The highest BCUT2D eigenvalue weighted by Gasteiger charge is 2.14. The third kappa shape index (κ3) is 3.11. The second-order valence-electron chi connectivity index (χ2n) is 3.97. The van der Waals surface area contributed by atoms with Gasteiger partial charge in [0.2, 0.25) is 0 Å². The molecule has 0 aliphatic heterocycles. The predicted octanol–water partition coefficient (Wildman–Crippen LogP) is 3.41. The van der Waals surface area contributed by atoms with Crippen molar-refractivity contribution in [1.82, 2.24) is 9.97 Å². The summed E-state index contributed by atoms with van der Waals surface area (Å²) in [6.45, 7) is 0.349. The first kappa shape index (κ1) is 15.2. The second kappa shape index (κ2) is 6.51. The van der Waals surface area contributed by atoms with Crippen LogP contribution in [0.3, 0.4) is 0 Å². The van der Waals surface area contributed by atoms with Crippen molar-refractivity contribution in [3.8, 4) is 17.1 Å². The van der Waals surface area contributed by atoms with E-state index in [9.17, 15) is 0 Å². The number of methoxy groups -OCH3 is 2. The van der Waals surface area contributed by atoms with Gasteiger partial charge in [0.05, 0.1) is 23.9 Å². The van der Waals surface area contributed by atoms with Crippen LogP contribution >= 0.6 is 31.9 Å². The molecule has 0 aliphatic carbocycles. The van der Waals surface area contributed by atoms with Crippen molar-refractivity contribution in [1.29, 1.82) is 0 Å². The third-order valence-electron chi connectivity index (χ3n) is 2.64. The number of aromatic nitrogens is 2. The average Bonchev–Trinajstić information content (AvgIpc) is 2.44. The maximum Gasteiger partial charge on any atom is 0.163 e. The van der Waals surface area contributed by atoms with Gasteiger partial charge in [-0.2, -0.15) is 0 Å². The molecule has 0 radical (unpaired) electrons. The zero-order valence-corrected chi connectivity index (χ0v) is 14.2. The average molecular weight is 403 g/mol. The lowest BCUT2D eigenvalue weighted by molar-refractivity contribution is 0.181. The van der Waals surface area contributed by atoms with Crippen molar-refractivity contribution in [3.63, 3.8) is 0 Å². The Hall–Kier alpha value is -1.18. The predicted molar refractivity (Wildman–Crippen MR) is 84.5 cm³/mol. The molecular formula is C13H13Br2N3O2. The van der Waals surface area contributed by atoms with Crippen LogP contribution in [0.2, 0.25) is 0 Å². The van der Waals surface area contributed by atoms with Crippen molar-refractivity contribution in [2.24, 2.45) is 0 Å². The second-order valence-corrected chi connectivity index (χ2v) is 5.62. The lowest BCUT2D eigenvalue weighted by Gasteiger charge is -2.10. The molecule has 0 saturated carbocycles. The summed E-state index contributed by atoms with van der Waals surface area (Å²) in [6, 6.07) is 5.58. The summed E-state index contributed by atoms with van der Waals surface area (Å²) in [5.41, 5.74) is 7.41. The van der Waals surface area contributed by atoms with E-state index < -0.39 is 0 Å². The molecule has 0 amide bonds. The van der Waals surface area contributed by atoms with Gasteiger partial charge in [-0.3, -0.25) is 0 Å². The van der Waals surface area contributed by atoms with E-state index in [4.69, 9.17) is 15.2 Å². The summed E-state index contributed by atoms with van der Waals surface area (Å²) in [4.78, 5) is 8.78. The van der Waals surface area contributed by atoms with Gasteiger partial charge in [0.25, 0.3) is 0 Å². The van der Waals surface area contributed by atoms with E-state index in [1.807, 2.05) is 18.2 Å². The van der Waals surface area contributed by atoms with E-state index in [0.717, 1.165) is 15.8 Å². The molecule has 20 heavy (non-hydrogen) atoms. The fourth-order valence-corrected chi connectivity index (χ4v) is 2.38. The SMILES string of the molecule is COCc1nc(-c2cc(OC)ccc2Br)nc(N)c1Br. The number of benzene rings is 1. The number of rotatable bonds is 4. The molecule has 5 nitrogen and oxygen atoms in total. The topological polar surface area (TPSA) is 70.3 Å². The van der Waals surface area contributed by atoms with Crippen LogP contribution < -0.4 is 10.5 Å². The Balaban J connectivity index is 2.57. The fourth-order valence-electron chi connectivity index (χ4n) is 1.67. The molecule has 0 atom stereocenters. The molecule has 0 bridgehead atoms. The largest absolute Gasteiger partial charge is 0.497 e. The van der Waals surface area contributed by atoms with Crippen molar-refractivity contribution in [3.05, 3.63) is 32.8 Å². The lowest BCUT2D eigenvalue weighted by atomic mass is 10.2. The van der Waals surface area contributed by atoms with Crippen LogP contribution in [0.25, 0.3) is 11.4 Å². The molecule has 2 aromatic rings. The van der Waals surface area contributed by atoms with Crippen LogP contribution in [0.4, 0.5) is 5.82 Å². The molecule has 0 saturated heterocycles. The normalized spacial score (nSPS) is 10.6. The quantitative estimate of drug-likeness (QED) is 0.848. The van der Waals surface area contributed by atoms with Crippen LogP contribution in [0.15, 0.2) is 27.1 Å². The Kier molecular flexibility index (Phi) is 4.95. The molecule has 1 aromatic heterocycles. The molecule has 0 unspecified atom stereocenters. The Labute approximate surface area is 133 Å². The van der Waals surface area contributed by atoms with Gasteiger partial charge in [-0.1, -0.05) is 15.9 Å². The Bertz CT molecular complexity index is 635. The van der Waals surface area contributed by atoms with Crippen LogP contribution in [-0.2, 0) is 11.3 Å². The zero-order chi connectivity index (χ0) is 14.7. The first-order valence-corrected chi connectivity index (χ1v) is 7.30. The summed E-state index contributed by atoms with van der Waals surface area (Å²) >= 11 is 6.85. The van der Waals surface area contributed by atoms with Crippen LogP contribution in [0.1, 0.15) is 5.69 Å². The number of halogens is 2. The molecule has 7 heteroatoms. The van der Waals surface area contributed by atoms with Crippen molar-refractivity contribution < 1.29 is 9.47 Å². The Morgan fingerprint density at radius 3 is 2.60 bits per heavy atom. The van der Waals surface area contributed by atoms with Crippen LogP contribution in [-0.4, -0.2) is 24.2 Å². The van der Waals surface area contributed by atoms with Gasteiger partial charge < -0.3 is 15.2 Å². The van der Waals surface area contributed by atoms with Gasteiger partial charge in [-0.25, -0.2) is 9.97 Å². The number of ether oxygens (including phenoxy) is 2. The van der Waals surface area contributed by atoms with E-state index >= 15 is 0 Å². The third-order valence-corrected chi connectivity index (χ3v) is 4.20. The minimum Gasteiger partial charge on any atom is -0.497 e. The number of nitrogens with two attached hydrogens (primary N) is 1. The molecule has 2 N–H and O–H groups in total. The van der Waals surface area contributed by atoms with Crippen molar-refractivity contribution >= 4 is 37.7 Å². The number of nitrogens with zero attached hydrogens (tertiary/aromatic N) is 2. The zero-order valence-electron chi connectivity index (χ0n) is 11.0. The molecule has 0 aliphatic rings. The highest BCUT2D eigenvalue weighted by molar-refractivity contribution is 9.11. The number of hydrogen-bond donors (Lipinski definition) is 1. The van der Waals surface area contributed by atoms with Gasteiger partial charge in [-0.05, 0) is 34.1 Å². The number of hydrogen-bond acceptors (Lipinski definition) is 5. The van der Waals surface area contributed by atoms with Gasteiger partial charge >= 0.3 is 0 Å². The Morgan fingerprint density at radius 2 is 1.95 bits per heavy atom. The standard InChI is InChI=1S/C13H13Br2N3O2/c1-19-6-10-11(15)12(16)18-13(17-10)8-5-7(20-2)3-4-9(8)14/h3-5H,6H2,1-2H3,(H2,16,17,18). The molecule has 0 spiro atoms. The molecule has 1 heterocycles. The molecule has 1 aromatic carbocycles. The maximum atomic E-state index is 5.91. The summed E-state index contributed by atoms with van der Waals surface area (Å²) in [6.07, 6.45) is 0. The maximum absolute atomic E-state index is 5.91. The molecular weight excluding hydrogens is 390 g/mol. The lowest BCUT2D eigenvalue weighted by Crippen LogP contribution is -2.04. The Morgan fingerprint density at radius 1 is 1.20 bits per heavy atom. The van der Waals surface area contributed by atoms with E-state index in [1.54, 1.807) is 14.2 Å². The monoisotopic (exact) mass is 401 g/mol. The summed E-state index contributed by atoms with van der Waals surface area (Å²) in [5, 5.41) is 0. The van der Waals surface area contributed by atoms with E-state index in [1.165, 1.54) is 0 Å². The first-order chi connectivity index (χ1) is 9.56. The molecule has 106 valence electrons. The van der Waals surface area contributed by atoms with Crippen molar-refractivity contribution in [2.75, 3.05) is 20.0 Å². The van der Waals surface area contributed by atoms with Gasteiger partial charge in [0.1, 0.15) is 11.6 Å². The highest BCUT2D eigenvalue weighted by Crippen LogP contribution is 2.32. The first-order valence-electron chi connectivity index (χ1n) is 5.71.